The highest BCUT2D eigenvalue weighted by Gasteiger charge is 2.15. The predicted octanol–water partition coefficient (Wildman–Crippen LogP) is 2.60. The van der Waals surface area contributed by atoms with Gasteiger partial charge in [-0.1, -0.05) is 19.9 Å². The van der Waals surface area contributed by atoms with Crippen LogP contribution in [0.4, 0.5) is 0 Å². The van der Waals surface area contributed by atoms with Crippen LogP contribution in [0.1, 0.15) is 36.9 Å². The van der Waals surface area contributed by atoms with Crippen molar-refractivity contribution in [2.75, 3.05) is 14.2 Å². The molecule has 0 aromatic heterocycles. The second-order valence-corrected chi connectivity index (χ2v) is 4.01. The highest BCUT2D eigenvalue weighted by atomic mass is 16.5. The standard InChI is InChI=1S/C13H18N2O/c1-9(2)10-5-6-13(16-4)11(7-10)12(8-14)15-3/h5-7,9,12,15H,1-4H3. The number of nitrogens with one attached hydrogen (secondary N) is 1. The van der Waals surface area contributed by atoms with Gasteiger partial charge < -0.3 is 10.1 Å². The highest BCUT2D eigenvalue weighted by Crippen LogP contribution is 2.28. The minimum absolute atomic E-state index is 0.325. The van der Waals surface area contributed by atoms with Crippen LogP contribution >= 0.6 is 0 Å². The molecule has 0 radical (unpaired) electrons. The van der Waals surface area contributed by atoms with Gasteiger partial charge in [0, 0.05) is 5.56 Å². The second kappa shape index (κ2) is 5.53. The fourth-order valence-corrected chi connectivity index (χ4v) is 1.63. The number of ether oxygens (including phenoxy) is 1. The molecule has 1 N–H and O–H groups in total. The van der Waals surface area contributed by atoms with Crippen LogP contribution in [0.5, 0.6) is 5.75 Å². The van der Waals surface area contributed by atoms with E-state index < -0.39 is 0 Å². The zero-order valence-electron chi connectivity index (χ0n) is 10.2. The molecular formula is C13H18N2O. The normalized spacial score (nSPS) is 12.2. The predicted molar refractivity (Wildman–Crippen MR) is 64.5 cm³/mol. The molecule has 3 nitrogen and oxygen atoms in total. The molecule has 0 spiro atoms. The van der Waals surface area contributed by atoms with Crippen molar-refractivity contribution < 1.29 is 4.74 Å². The minimum atomic E-state index is -0.325. The third-order valence-electron chi connectivity index (χ3n) is 2.65. The SMILES string of the molecule is CNC(C#N)c1cc(C(C)C)ccc1OC. The van der Waals surface area contributed by atoms with Crippen LogP contribution in [-0.4, -0.2) is 14.2 Å². The lowest BCUT2D eigenvalue weighted by Crippen LogP contribution is -2.15. The van der Waals surface area contributed by atoms with Gasteiger partial charge in [0.15, 0.2) is 0 Å². The van der Waals surface area contributed by atoms with Gasteiger partial charge in [0.1, 0.15) is 11.8 Å². The molecule has 0 saturated carbocycles. The lowest BCUT2D eigenvalue weighted by Gasteiger charge is -2.15. The highest BCUT2D eigenvalue weighted by molar-refractivity contribution is 5.42. The van der Waals surface area contributed by atoms with E-state index in [0.29, 0.717) is 5.92 Å². The summed E-state index contributed by atoms with van der Waals surface area (Å²) in [5.41, 5.74) is 2.12. The van der Waals surface area contributed by atoms with Crippen LogP contribution in [0.25, 0.3) is 0 Å². The molecule has 1 aromatic rings. The first-order chi connectivity index (χ1) is 7.63. The molecule has 3 heteroatoms. The van der Waals surface area contributed by atoms with Gasteiger partial charge in [-0.2, -0.15) is 5.26 Å². The van der Waals surface area contributed by atoms with Gasteiger partial charge in [-0.15, -0.1) is 0 Å². The summed E-state index contributed by atoms with van der Waals surface area (Å²) in [6, 6.07) is 7.89. The molecule has 0 bridgehead atoms. The lowest BCUT2D eigenvalue weighted by atomic mass is 9.97. The molecular weight excluding hydrogens is 200 g/mol. The maximum Gasteiger partial charge on any atom is 0.124 e. The number of hydrogen-bond donors (Lipinski definition) is 1. The molecule has 16 heavy (non-hydrogen) atoms. The Hall–Kier alpha value is -1.53. The van der Waals surface area contributed by atoms with Crippen molar-refractivity contribution in [1.29, 1.82) is 5.26 Å². The summed E-state index contributed by atoms with van der Waals surface area (Å²) in [6.45, 7) is 4.26. The smallest absolute Gasteiger partial charge is 0.124 e. The Kier molecular flexibility index (Phi) is 4.33. The summed E-state index contributed by atoms with van der Waals surface area (Å²) in [7, 11) is 3.40. The number of benzene rings is 1. The first-order valence-corrected chi connectivity index (χ1v) is 5.38. The lowest BCUT2D eigenvalue weighted by molar-refractivity contribution is 0.406. The van der Waals surface area contributed by atoms with Gasteiger partial charge in [-0.3, -0.25) is 0 Å². The Morgan fingerprint density at radius 2 is 2.06 bits per heavy atom. The summed E-state index contributed by atoms with van der Waals surface area (Å²) in [5.74, 6) is 1.20. The van der Waals surface area contributed by atoms with Crippen molar-refractivity contribution in [2.45, 2.75) is 25.8 Å². The Balaban J connectivity index is 3.22. The number of nitrogens with zero attached hydrogens (tertiary/aromatic N) is 1. The average molecular weight is 218 g/mol. The fraction of sp³-hybridized carbons (Fsp3) is 0.462. The van der Waals surface area contributed by atoms with Crippen LogP contribution in [0.15, 0.2) is 18.2 Å². The first-order valence-electron chi connectivity index (χ1n) is 5.38. The maximum atomic E-state index is 9.06. The summed E-state index contributed by atoms with van der Waals surface area (Å²) < 4.78 is 5.27. The van der Waals surface area contributed by atoms with E-state index in [2.05, 4.69) is 25.2 Å². The Morgan fingerprint density at radius 3 is 2.50 bits per heavy atom. The fourth-order valence-electron chi connectivity index (χ4n) is 1.63. The van der Waals surface area contributed by atoms with Crippen LogP contribution < -0.4 is 10.1 Å². The van der Waals surface area contributed by atoms with Crippen LogP contribution in [0.2, 0.25) is 0 Å². The van der Waals surface area contributed by atoms with Gasteiger partial charge >= 0.3 is 0 Å². The van der Waals surface area contributed by atoms with Gasteiger partial charge in [0.05, 0.1) is 13.2 Å². The van der Waals surface area contributed by atoms with Gasteiger partial charge in [0.2, 0.25) is 0 Å². The third-order valence-corrected chi connectivity index (χ3v) is 2.65. The van der Waals surface area contributed by atoms with Crippen molar-refractivity contribution in [3.05, 3.63) is 29.3 Å². The van der Waals surface area contributed by atoms with E-state index in [1.54, 1.807) is 14.2 Å². The van der Waals surface area contributed by atoms with Crippen molar-refractivity contribution in [1.82, 2.24) is 5.32 Å². The second-order valence-electron chi connectivity index (χ2n) is 4.01. The molecule has 0 aliphatic rings. The summed E-state index contributed by atoms with van der Waals surface area (Å²) in [4.78, 5) is 0. The maximum absolute atomic E-state index is 9.06. The van der Waals surface area contributed by atoms with E-state index in [1.807, 2.05) is 18.2 Å². The van der Waals surface area contributed by atoms with Crippen LogP contribution in [-0.2, 0) is 0 Å². The van der Waals surface area contributed by atoms with E-state index >= 15 is 0 Å². The van der Waals surface area contributed by atoms with E-state index in [1.165, 1.54) is 5.56 Å². The van der Waals surface area contributed by atoms with E-state index in [4.69, 9.17) is 10.00 Å². The zero-order chi connectivity index (χ0) is 12.1. The molecule has 0 amide bonds. The van der Waals surface area contributed by atoms with Crippen LogP contribution in [0.3, 0.4) is 0 Å². The molecule has 0 fully saturated rings. The Bertz CT molecular complexity index is 393. The molecule has 1 atom stereocenters. The first kappa shape index (κ1) is 12.5. The van der Waals surface area contributed by atoms with Crippen molar-refractivity contribution in [3.63, 3.8) is 0 Å². The summed E-state index contributed by atoms with van der Waals surface area (Å²) >= 11 is 0. The van der Waals surface area contributed by atoms with Gasteiger partial charge in [0.25, 0.3) is 0 Å². The Labute approximate surface area is 97.0 Å². The van der Waals surface area contributed by atoms with E-state index in [9.17, 15) is 0 Å². The quantitative estimate of drug-likeness (QED) is 0.844. The van der Waals surface area contributed by atoms with Gasteiger partial charge in [-0.05, 0) is 30.7 Å². The number of rotatable bonds is 4. The van der Waals surface area contributed by atoms with Crippen molar-refractivity contribution >= 4 is 0 Å². The topological polar surface area (TPSA) is 45.0 Å². The summed E-state index contributed by atoms with van der Waals surface area (Å²) in [5, 5.41) is 12.0. The largest absolute Gasteiger partial charge is 0.496 e. The zero-order valence-corrected chi connectivity index (χ0v) is 10.2. The number of nitriles is 1. The van der Waals surface area contributed by atoms with Gasteiger partial charge in [-0.25, -0.2) is 0 Å². The molecule has 0 aliphatic carbocycles. The van der Waals surface area contributed by atoms with E-state index in [-0.39, 0.29) is 6.04 Å². The molecule has 1 unspecified atom stereocenters. The van der Waals surface area contributed by atoms with Crippen LogP contribution in [0, 0.1) is 11.3 Å². The van der Waals surface area contributed by atoms with Crippen molar-refractivity contribution in [2.24, 2.45) is 0 Å². The molecule has 86 valence electrons. The average Bonchev–Trinajstić information content (AvgIpc) is 2.30. The molecule has 1 rings (SSSR count). The molecule has 0 saturated heterocycles. The molecule has 0 aliphatic heterocycles. The summed E-state index contributed by atoms with van der Waals surface area (Å²) in [6.07, 6.45) is 0. The van der Waals surface area contributed by atoms with Crippen molar-refractivity contribution in [3.8, 4) is 11.8 Å². The monoisotopic (exact) mass is 218 g/mol. The molecule has 0 heterocycles. The molecule has 1 aromatic carbocycles. The third kappa shape index (κ3) is 2.53. The minimum Gasteiger partial charge on any atom is -0.496 e. The number of methoxy groups -OCH3 is 1. The number of hydrogen-bond acceptors (Lipinski definition) is 3. The van der Waals surface area contributed by atoms with E-state index in [0.717, 1.165) is 11.3 Å². The Morgan fingerprint density at radius 1 is 1.38 bits per heavy atom.